The number of aliphatic hydroxyl groups is 1. The third-order valence-corrected chi connectivity index (χ3v) is 3.05. The predicted molar refractivity (Wildman–Crippen MR) is 53.2 cm³/mol. The first kappa shape index (κ1) is 11.3. The van der Waals surface area contributed by atoms with Gasteiger partial charge in [0, 0.05) is 6.04 Å². The van der Waals surface area contributed by atoms with Gasteiger partial charge in [0.25, 0.3) is 0 Å². The monoisotopic (exact) mass is 201 g/mol. The molecule has 0 aliphatic heterocycles. The van der Waals surface area contributed by atoms with Crippen LogP contribution >= 0.6 is 0 Å². The van der Waals surface area contributed by atoms with E-state index in [4.69, 9.17) is 5.11 Å². The van der Waals surface area contributed by atoms with Crippen LogP contribution in [0.15, 0.2) is 0 Å². The summed E-state index contributed by atoms with van der Waals surface area (Å²) in [6.07, 6.45) is 2.52. The van der Waals surface area contributed by atoms with E-state index in [-0.39, 0.29) is 6.04 Å². The van der Waals surface area contributed by atoms with E-state index < -0.39 is 11.7 Å². The van der Waals surface area contributed by atoms with Crippen LogP contribution in [0.5, 0.6) is 0 Å². The van der Waals surface area contributed by atoms with Gasteiger partial charge in [-0.05, 0) is 45.4 Å². The van der Waals surface area contributed by atoms with E-state index in [0.29, 0.717) is 5.92 Å². The van der Waals surface area contributed by atoms with Gasteiger partial charge in [-0.1, -0.05) is 0 Å². The largest absolute Gasteiger partial charge is 0.465 e. The smallest absolute Gasteiger partial charge is 0.404 e. The Labute approximate surface area is 84.3 Å². The lowest BCUT2D eigenvalue weighted by Gasteiger charge is -2.35. The molecule has 1 aliphatic rings. The van der Waals surface area contributed by atoms with E-state index in [9.17, 15) is 9.90 Å². The van der Waals surface area contributed by atoms with Crippen molar-refractivity contribution in [3.05, 3.63) is 0 Å². The topological polar surface area (TPSA) is 69.6 Å². The second-order valence-electron chi connectivity index (χ2n) is 4.65. The van der Waals surface area contributed by atoms with Gasteiger partial charge in [0.1, 0.15) is 0 Å². The number of hydrogen-bond acceptors (Lipinski definition) is 2. The van der Waals surface area contributed by atoms with Gasteiger partial charge in [-0.3, -0.25) is 0 Å². The van der Waals surface area contributed by atoms with Gasteiger partial charge in [0.05, 0.1) is 5.60 Å². The number of rotatable bonds is 2. The molecular formula is C10H19NO3. The summed E-state index contributed by atoms with van der Waals surface area (Å²) in [4.78, 5) is 10.4. The molecule has 1 rings (SSSR count). The van der Waals surface area contributed by atoms with Crippen LogP contribution in [0.4, 0.5) is 4.79 Å². The molecule has 4 heteroatoms. The fraction of sp³-hybridized carbons (Fsp3) is 0.900. The molecule has 3 N–H and O–H groups in total. The molecule has 0 radical (unpaired) electrons. The van der Waals surface area contributed by atoms with Crippen LogP contribution < -0.4 is 5.32 Å². The van der Waals surface area contributed by atoms with Crippen molar-refractivity contribution in [1.82, 2.24) is 5.32 Å². The van der Waals surface area contributed by atoms with Gasteiger partial charge in [-0.2, -0.15) is 0 Å². The van der Waals surface area contributed by atoms with Gasteiger partial charge >= 0.3 is 6.09 Å². The van der Waals surface area contributed by atoms with Crippen molar-refractivity contribution in [3.8, 4) is 0 Å². The molecular weight excluding hydrogens is 182 g/mol. The first-order valence-corrected chi connectivity index (χ1v) is 5.11. The van der Waals surface area contributed by atoms with Crippen molar-refractivity contribution >= 4 is 6.09 Å². The van der Waals surface area contributed by atoms with Crippen LogP contribution in [-0.2, 0) is 0 Å². The molecule has 1 fully saturated rings. The van der Waals surface area contributed by atoms with E-state index in [1.807, 2.05) is 13.8 Å². The average molecular weight is 201 g/mol. The normalized spacial score (nSPS) is 28.5. The molecule has 0 unspecified atom stereocenters. The minimum Gasteiger partial charge on any atom is -0.465 e. The molecule has 1 saturated carbocycles. The van der Waals surface area contributed by atoms with Crippen molar-refractivity contribution in [3.63, 3.8) is 0 Å². The Balaban J connectivity index is 2.35. The molecule has 0 heterocycles. The van der Waals surface area contributed by atoms with Crippen LogP contribution in [0.2, 0.25) is 0 Å². The third kappa shape index (κ3) is 3.18. The van der Waals surface area contributed by atoms with Gasteiger partial charge in [-0.25, -0.2) is 4.79 Å². The van der Waals surface area contributed by atoms with Crippen LogP contribution in [0.3, 0.4) is 0 Å². The summed E-state index contributed by atoms with van der Waals surface area (Å²) in [6, 6.07) is 0.0751. The zero-order chi connectivity index (χ0) is 10.8. The summed E-state index contributed by atoms with van der Waals surface area (Å²) in [5.41, 5.74) is -0.631. The van der Waals surface area contributed by atoms with E-state index in [0.717, 1.165) is 25.7 Å². The summed E-state index contributed by atoms with van der Waals surface area (Å²) in [5, 5.41) is 20.8. The van der Waals surface area contributed by atoms with Crippen LogP contribution in [0.25, 0.3) is 0 Å². The van der Waals surface area contributed by atoms with Gasteiger partial charge in [-0.15, -0.1) is 0 Å². The highest BCUT2D eigenvalue weighted by Gasteiger charge is 2.31. The van der Waals surface area contributed by atoms with Crippen molar-refractivity contribution < 1.29 is 15.0 Å². The second kappa shape index (κ2) is 4.17. The highest BCUT2D eigenvalue weighted by atomic mass is 16.4. The Bertz CT molecular complexity index is 202. The van der Waals surface area contributed by atoms with Gasteiger partial charge < -0.3 is 15.5 Å². The van der Waals surface area contributed by atoms with Crippen molar-refractivity contribution in [1.29, 1.82) is 0 Å². The van der Waals surface area contributed by atoms with Crippen LogP contribution in [0.1, 0.15) is 39.5 Å². The summed E-state index contributed by atoms with van der Waals surface area (Å²) >= 11 is 0. The van der Waals surface area contributed by atoms with Crippen molar-refractivity contribution in [2.45, 2.75) is 51.2 Å². The lowest BCUT2D eigenvalue weighted by Crippen LogP contribution is -2.41. The molecule has 0 aromatic carbocycles. The van der Waals surface area contributed by atoms with E-state index >= 15 is 0 Å². The van der Waals surface area contributed by atoms with E-state index in [1.165, 1.54) is 0 Å². The number of carboxylic acid groups (broad SMARTS) is 1. The van der Waals surface area contributed by atoms with Crippen LogP contribution in [0, 0.1) is 5.92 Å². The first-order chi connectivity index (χ1) is 6.39. The summed E-state index contributed by atoms with van der Waals surface area (Å²) in [6.45, 7) is 3.64. The third-order valence-electron chi connectivity index (χ3n) is 3.05. The predicted octanol–water partition coefficient (Wildman–Crippen LogP) is 1.58. The molecule has 0 aromatic heterocycles. The number of carbonyl (C=O) groups is 1. The number of hydrogen-bond donors (Lipinski definition) is 3. The molecule has 0 atom stereocenters. The SMILES string of the molecule is CC(C)(O)[C@H]1CC[C@H](NC(=O)O)CC1. The molecule has 1 amide bonds. The average Bonchev–Trinajstić information content (AvgIpc) is 2.02. The van der Waals surface area contributed by atoms with E-state index in [2.05, 4.69) is 5.32 Å². The highest BCUT2D eigenvalue weighted by Crippen LogP contribution is 2.32. The molecule has 4 nitrogen and oxygen atoms in total. The summed E-state index contributed by atoms with van der Waals surface area (Å²) in [5.74, 6) is 0.300. The Hall–Kier alpha value is -0.770. The summed E-state index contributed by atoms with van der Waals surface area (Å²) < 4.78 is 0. The van der Waals surface area contributed by atoms with Gasteiger partial charge in [0.15, 0.2) is 0 Å². The van der Waals surface area contributed by atoms with Crippen LogP contribution in [-0.4, -0.2) is 27.9 Å². The molecule has 1 aliphatic carbocycles. The Morgan fingerprint density at radius 2 is 1.79 bits per heavy atom. The minimum atomic E-state index is -0.947. The van der Waals surface area contributed by atoms with Crippen molar-refractivity contribution in [2.75, 3.05) is 0 Å². The molecule has 0 aromatic rings. The maximum absolute atomic E-state index is 10.4. The fourth-order valence-corrected chi connectivity index (χ4v) is 2.12. The summed E-state index contributed by atoms with van der Waals surface area (Å²) in [7, 11) is 0. The maximum Gasteiger partial charge on any atom is 0.404 e. The van der Waals surface area contributed by atoms with Gasteiger partial charge in [0.2, 0.25) is 0 Å². The lowest BCUT2D eigenvalue weighted by molar-refractivity contribution is -0.00254. The first-order valence-electron chi connectivity index (χ1n) is 5.11. The minimum absolute atomic E-state index is 0.0751. The Morgan fingerprint density at radius 1 is 1.29 bits per heavy atom. The number of nitrogens with one attached hydrogen (secondary N) is 1. The quantitative estimate of drug-likeness (QED) is 0.635. The van der Waals surface area contributed by atoms with Crippen molar-refractivity contribution in [2.24, 2.45) is 5.92 Å². The second-order valence-corrected chi connectivity index (χ2v) is 4.65. The molecule has 0 spiro atoms. The zero-order valence-electron chi connectivity index (χ0n) is 8.79. The molecule has 82 valence electrons. The standard InChI is InChI=1S/C10H19NO3/c1-10(2,14)7-3-5-8(6-4-7)11-9(12)13/h7-8,11,14H,3-6H2,1-2H3,(H,12,13)/t7-,8-. The Morgan fingerprint density at radius 3 is 2.14 bits per heavy atom. The highest BCUT2D eigenvalue weighted by molar-refractivity contribution is 5.64. The zero-order valence-corrected chi connectivity index (χ0v) is 8.79. The molecule has 0 bridgehead atoms. The fourth-order valence-electron chi connectivity index (χ4n) is 2.12. The number of amides is 1. The lowest BCUT2D eigenvalue weighted by atomic mass is 9.77. The van der Waals surface area contributed by atoms with E-state index in [1.54, 1.807) is 0 Å². The molecule has 0 saturated heterocycles. The Kier molecular flexibility index (Phi) is 3.37. The maximum atomic E-state index is 10.4. The molecule has 14 heavy (non-hydrogen) atoms.